The maximum atomic E-state index is 12.1. The van der Waals surface area contributed by atoms with Gasteiger partial charge in [-0.05, 0) is 13.8 Å². The number of thioether (sulfide) groups is 1. The smallest absolute Gasteiger partial charge is 0.398 e. The molecule has 94 valence electrons. The molecule has 0 fully saturated rings. The van der Waals surface area contributed by atoms with Gasteiger partial charge in [0.05, 0.1) is 11.4 Å². The number of hydrogen-bond donors (Lipinski definition) is 1. The Morgan fingerprint density at radius 3 is 2.41 bits per heavy atom. The minimum absolute atomic E-state index is 0.153. The third-order valence-electron chi connectivity index (χ3n) is 1.75. The summed E-state index contributed by atoms with van der Waals surface area (Å²) in [5, 5.41) is 8.74. The van der Waals surface area contributed by atoms with E-state index in [0.29, 0.717) is 11.8 Å². The van der Waals surface area contributed by atoms with Crippen molar-refractivity contribution in [3.63, 3.8) is 0 Å². The predicted octanol–water partition coefficient (Wildman–Crippen LogP) is 2.45. The van der Waals surface area contributed by atoms with Crippen LogP contribution in [0.15, 0.2) is 5.03 Å². The highest BCUT2D eigenvalue weighted by Gasteiger charge is 2.29. The van der Waals surface area contributed by atoms with Gasteiger partial charge in [0.2, 0.25) is 0 Å². The van der Waals surface area contributed by atoms with Gasteiger partial charge in [0, 0.05) is 0 Å². The molecule has 1 aromatic heterocycles. The van der Waals surface area contributed by atoms with Crippen LogP contribution in [0.2, 0.25) is 0 Å². The zero-order chi connectivity index (χ0) is 13.2. The predicted molar refractivity (Wildman–Crippen MR) is 55.2 cm³/mol. The van der Waals surface area contributed by atoms with Crippen LogP contribution in [0.4, 0.5) is 13.2 Å². The van der Waals surface area contributed by atoms with Crippen molar-refractivity contribution in [3.8, 4) is 0 Å². The zero-order valence-electron chi connectivity index (χ0n) is 9.00. The summed E-state index contributed by atoms with van der Waals surface area (Å²) in [6, 6.07) is 0. The summed E-state index contributed by atoms with van der Waals surface area (Å²) < 4.78 is 36.2. The van der Waals surface area contributed by atoms with Gasteiger partial charge in [-0.1, -0.05) is 11.8 Å². The van der Waals surface area contributed by atoms with E-state index < -0.39 is 17.9 Å². The van der Waals surface area contributed by atoms with Crippen LogP contribution >= 0.6 is 11.8 Å². The number of rotatable bonds is 3. The van der Waals surface area contributed by atoms with E-state index in [1.54, 1.807) is 0 Å². The molecular formula is C9H9F3N2O2S. The van der Waals surface area contributed by atoms with Crippen molar-refractivity contribution in [1.29, 1.82) is 0 Å². The number of aromatic nitrogens is 2. The molecule has 0 aliphatic heterocycles. The van der Waals surface area contributed by atoms with Gasteiger partial charge in [-0.3, -0.25) is 0 Å². The number of carbonyl (C=O) groups is 1. The molecule has 1 N–H and O–H groups in total. The highest BCUT2D eigenvalue weighted by Crippen LogP contribution is 2.29. The number of hydrogen-bond acceptors (Lipinski definition) is 4. The Labute approximate surface area is 99.3 Å². The van der Waals surface area contributed by atoms with Crippen molar-refractivity contribution in [2.24, 2.45) is 0 Å². The number of aromatic carboxylic acids is 1. The summed E-state index contributed by atoms with van der Waals surface area (Å²) in [5.74, 6) is -2.26. The minimum Gasteiger partial charge on any atom is -0.478 e. The fourth-order valence-corrected chi connectivity index (χ4v) is 2.06. The van der Waals surface area contributed by atoms with Crippen LogP contribution in [-0.4, -0.2) is 33.0 Å². The first kappa shape index (κ1) is 13.8. The highest BCUT2D eigenvalue weighted by atomic mass is 32.2. The Morgan fingerprint density at radius 1 is 1.35 bits per heavy atom. The molecule has 1 heterocycles. The quantitative estimate of drug-likeness (QED) is 0.672. The average Bonchev–Trinajstić information content (AvgIpc) is 2.11. The fraction of sp³-hybridized carbons (Fsp3) is 0.444. The standard InChI is InChI=1S/C9H9F3N2O2S/c1-4-6(8(15)16)7(14-5(2)13-4)17-3-9(10,11)12/h3H2,1-2H3,(H,15,16). The summed E-state index contributed by atoms with van der Waals surface area (Å²) in [6.07, 6.45) is -4.37. The van der Waals surface area contributed by atoms with Gasteiger partial charge in [0.25, 0.3) is 0 Å². The van der Waals surface area contributed by atoms with E-state index in [2.05, 4.69) is 9.97 Å². The maximum Gasteiger partial charge on any atom is 0.398 e. The SMILES string of the molecule is Cc1nc(C)c(C(=O)O)c(SCC(F)(F)F)n1. The summed E-state index contributed by atoms with van der Waals surface area (Å²) in [5.41, 5.74) is -0.112. The maximum absolute atomic E-state index is 12.1. The Kier molecular flexibility index (Phi) is 3.97. The summed E-state index contributed by atoms with van der Waals surface area (Å²) in [4.78, 5) is 18.4. The molecule has 1 aromatic rings. The van der Waals surface area contributed by atoms with Crippen LogP contribution in [-0.2, 0) is 0 Å². The van der Waals surface area contributed by atoms with Gasteiger partial charge in [-0.15, -0.1) is 0 Å². The van der Waals surface area contributed by atoms with Crippen molar-refractivity contribution >= 4 is 17.7 Å². The molecule has 0 aromatic carbocycles. The third-order valence-corrected chi connectivity index (χ3v) is 2.80. The van der Waals surface area contributed by atoms with Crippen LogP contribution in [0.5, 0.6) is 0 Å². The summed E-state index contributed by atoms with van der Waals surface area (Å²) >= 11 is 0.354. The highest BCUT2D eigenvalue weighted by molar-refractivity contribution is 7.99. The minimum atomic E-state index is -4.37. The lowest BCUT2D eigenvalue weighted by Crippen LogP contribution is -2.13. The first-order chi connectivity index (χ1) is 7.70. The largest absolute Gasteiger partial charge is 0.478 e. The van der Waals surface area contributed by atoms with Gasteiger partial charge in [0.15, 0.2) is 0 Å². The van der Waals surface area contributed by atoms with Crippen LogP contribution < -0.4 is 0 Å². The second kappa shape index (κ2) is 4.91. The van der Waals surface area contributed by atoms with Gasteiger partial charge in [-0.2, -0.15) is 13.2 Å². The van der Waals surface area contributed by atoms with Crippen molar-refractivity contribution in [2.75, 3.05) is 5.75 Å². The molecular weight excluding hydrogens is 257 g/mol. The van der Waals surface area contributed by atoms with E-state index in [9.17, 15) is 18.0 Å². The number of aryl methyl sites for hydroxylation is 2. The molecule has 0 spiro atoms. The Balaban J connectivity index is 3.09. The normalized spacial score (nSPS) is 11.6. The van der Waals surface area contributed by atoms with Crippen LogP contribution in [0.3, 0.4) is 0 Å². The molecule has 0 unspecified atom stereocenters. The number of nitrogens with zero attached hydrogens (tertiary/aromatic N) is 2. The van der Waals surface area contributed by atoms with Gasteiger partial charge < -0.3 is 5.11 Å². The van der Waals surface area contributed by atoms with E-state index in [4.69, 9.17) is 5.11 Å². The summed E-state index contributed by atoms with van der Waals surface area (Å²) in [7, 11) is 0. The molecule has 1 rings (SSSR count). The first-order valence-corrected chi connectivity index (χ1v) is 5.47. The third kappa shape index (κ3) is 3.88. The van der Waals surface area contributed by atoms with Crippen molar-refractivity contribution in [3.05, 3.63) is 17.1 Å². The second-order valence-corrected chi connectivity index (χ2v) is 4.21. The molecule has 0 bridgehead atoms. The number of carboxylic acid groups (broad SMARTS) is 1. The van der Waals surface area contributed by atoms with Crippen LogP contribution in [0.1, 0.15) is 21.9 Å². The topological polar surface area (TPSA) is 63.1 Å². The van der Waals surface area contributed by atoms with E-state index in [1.807, 2.05) is 0 Å². The monoisotopic (exact) mass is 266 g/mol. The second-order valence-electron chi connectivity index (χ2n) is 3.25. The lowest BCUT2D eigenvalue weighted by Gasteiger charge is -2.09. The molecule has 0 aliphatic carbocycles. The van der Waals surface area contributed by atoms with E-state index in [0.717, 1.165) is 0 Å². The molecule has 0 atom stereocenters. The average molecular weight is 266 g/mol. The van der Waals surface area contributed by atoms with Crippen molar-refractivity contribution in [1.82, 2.24) is 9.97 Å². The Hall–Kier alpha value is -1.31. The van der Waals surface area contributed by atoms with Gasteiger partial charge in [0.1, 0.15) is 16.4 Å². The van der Waals surface area contributed by atoms with Crippen molar-refractivity contribution in [2.45, 2.75) is 25.0 Å². The van der Waals surface area contributed by atoms with Gasteiger partial charge >= 0.3 is 12.1 Å². The Morgan fingerprint density at radius 2 is 1.94 bits per heavy atom. The molecule has 8 heteroatoms. The molecule has 0 radical (unpaired) electrons. The molecule has 17 heavy (non-hydrogen) atoms. The number of alkyl halides is 3. The van der Waals surface area contributed by atoms with Gasteiger partial charge in [-0.25, -0.2) is 14.8 Å². The zero-order valence-corrected chi connectivity index (χ0v) is 9.82. The molecule has 0 amide bonds. The fourth-order valence-electron chi connectivity index (χ4n) is 1.18. The molecule has 4 nitrogen and oxygen atoms in total. The van der Waals surface area contributed by atoms with Crippen LogP contribution in [0, 0.1) is 13.8 Å². The first-order valence-electron chi connectivity index (χ1n) is 4.49. The van der Waals surface area contributed by atoms with E-state index in [1.165, 1.54) is 13.8 Å². The van der Waals surface area contributed by atoms with Crippen molar-refractivity contribution < 1.29 is 23.1 Å². The lowest BCUT2D eigenvalue weighted by molar-refractivity contribution is -0.105. The number of carboxylic acids is 1. The Bertz CT molecular complexity index is 449. The molecule has 0 aliphatic rings. The number of halogens is 3. The van der Waals surface area contributed by atoms with E-state index >= 15 is 0 Å². The molecule has 0 saturated carbocycles. The van der Waals surface area contributed by atoms with E-state index in [-0.39, 0.29) is 22.1 Å². The van der Waals surface area contributed by atoms with Crippen LogP contribution in [0.25, 0.3) is 0 Å². The molecule has 0 saturated heterocycles. The summed E-state index contributed by atoms with van der Waals surface area (Å²) in [6.45, 7) is 2.92. The lowest BCUT2D eigenvalue weighted by atomic mass is 10.2.